The van der Waals surface area contributed by atoms with Crippen molar-refractivity contribution >= 4 is 20.8 Å². The summed E-state index contributed by atoms with van der Waals surface area (Å²) in [5, 5.41) is 9.93. The molecule has 0 amide bonds. The molecule has 118 valence electrons. The summed E-state index contributed by atoms with van der Waals surface area (Å²) in [6.45, 7) is 0.887. The van der Waals surface area contributed by atoms with E-state index < -0.39 is 10.0 Å². The van der Waals surface area contributed by atoms with Gasteiger partial charge in [-0.2, -0.15) is 19.3 Å². The van der Waals surface area contributed by atoms with Gasteiger partial charge in [0.15, 0.2) is 0 Å². The molecule has 1 aliphatic rings. The van der Waals surface area contributed by atoms with Gasteiger partial charge in [-0.25, -0.2) is 8.42 Å². The van der Waals surface area contributed by atoms with Gasteiger partial charge in [0.25, 0.3) is 0 Å². The Labute approximate surface area is 134 Å². The van der Waals surface area contributed by atoms with Crippen molar-refractivity contribution in [3.05, 3.63) is 54.9 Å². The lowest BCUT2D eigenvalue weighted by atomic mass is 10.1. The predicted molar refractivity (Wildman–Crippen MR) is 86.4 cm³/mol. The van der Waals surface area contributed by atoms with Gasteiger partial charge in [0.05, 0.1) is 23.3 Å². The molecule has 3 aromatic rings. The number of rotatable bonds is 3. The summed E-state index contributed by atoms with van der Waals surface area (Å²) < 4.78 is 27.6. The van der Waals surface area contributed by atoms with Crippen molar-refractivity contribution in [3.8, 4) is 0 Å². The van der Waals surface area contributed by atoms with Gasteiger partial charge < -0.3 is 0 Å². The van der Waals surface area contributed by atoms with Crippen molar-refractivity contribution in [3.63, 3.8) is 0 Å². The third-order valence-corrected chi connectivity index (χ3v) is 6.18. The topological polar surface area (TPSA) is 68.1 Å². The quantitative estimate of drug-likeness (QED) is 0.738. The lowest BCUT2D eigenvalue weighted by Gasteiger charge is -2.17. The maximum atomic E-state index is 13.0. The van der Waals surface area contributed by atoms with Crippen molar-refractivity contribution in [2.45, 2.75) is 17.4 Å². The number of nitrogens with zero attached hydrogens (tertiary/aromatic N) is 4. The van der Waals surface area contributed by atoms with E-state index in [1.165, 1.54) is 4.31 Å². The fraction of sp³-hybridized carbons (Fsp3) is 0.250. The van der Waals surface area contributed by atoms with Crippen LogP contribution in [-0.2, 0) is 10.0 Å². The van der Waals surface area contributed by atoms with Crippen molar-refractivity contribution in [2.75, 3.05) is 13.1 Å². The fourth-order valence-electron chi connectivity index (χ4n) is 3.09. The molecule has 0 spiro atoms. The van der Waals surface area contributed by atoms with Crippen LogP contribution in [-0.4, -0.2) is 40.8 Å². The van der Waals surface area contributed by atoms with E-state index in [1.54, 1.807) is 29.3 Å². The summed E-state index contributed by atoms with van der Waals surface area (Å²) in [4.78, 5) is 1.96. The van der Waals surface area contributed by atoms with E-state index in [0.29, 0.717) is 18.0 Å². The molecule has 1 saturated heterocycles. The zero-order valence-corrected chi connectivity index (χ0v) is 13.2. The first kappa shape index (κ1) is 14.3. The Balaban J connectivity index is 1.70. The average molecular weight is 328 g/mol. The van der Waals surface area contributed by atoms with Gasteiger partial charge in [-0.1, -0.05) is 36.4 Å². The highest BCUT2D eigenvalue weighted by Gasteiger charge is 2.34. The van der Waals surface area contributed by atoms with Crippen molar-refractivity contribution in [1.82, 2.24) is 19.3 Å². The van der Waals surface area contributed by atoms with Crippen LogP contribution < -0.4 is 0 Å². The van der Waals surface area contributed by atoms with Crippen LogP contribution in [0.1, 0.15) is 12.5 Å². The van der Waals surface area contributed by atoms with Gasteiger partial charge in [-0.05, 0) is 17.9 Å². The molecule has 1 aromatic heterocycles. The number of fused-ring (bicyclic) bond motifs is 1. The second kappa shape index (κ2) is 5.43. The molecule has 4 rings (SSSR count). The molecule has 1 atom stereocenters. The Kier molecular flexibility index (Phi) is 3.39. The Morgan fingerprint density at radius 3 is 2.57 bits per heavy atom. The SMILES string of the molecule is O=S(=O)(c1cccc2ccccc12)N1CC[C@@H](n2nccn2)C1. The van der Waals surface area contributed by atoms with E-state index in [-0.39, 0.29) is 6.04 Å². The third-order valence-electron chi connectivity index (χ3n) is 4.26. The van der Waals surface area contributed by atoms with Crippen LogP contribution in [0.4, 0.5) is 0 Å². The van der Waals surface area contributed by atoms with Crippen LogP contribution >= 0.6 is 0 Å². The van der Waals surface area contributed by atoms with E-state index in [1.807, 2.05) is 30.3 Å². The molecular weight excluding hydrogens is 312 g/mol. The highest BCUT2D eigenvalue weighted by molar-refractivity contribution is 7.89. The molecule has 0 radical (unpaired) electrons. The summed E-state index contributed by atoms with van der Waals surface area (Å²) in [5.74, 6) is 0. The highest BCUT2D eigenvalue weighted by Crippen LogP contribution is 2.30. The van der Waals surface area contributed by atoms with Crippen LogP contribution in [0.25, 0.3) is 10.8 Å². The van der Waals surface area contributed by atoms with E-state index >= 15 is 0 Å². The van der Waals surface area contributed by atoms with E-state index in [9.17, 15) is 8.42 Å². The molecule has 0 unspecified atom stereocenters. The van der Waals surface area contributed by atoms with Crippen LogP contribution in [0.5, 0.6) is 0 Å². The maximum Gasteiger partial charge on any atom is 0.243 e. The Morgan fingerprint density at radius 1 is 1.00 bits per heavy atom. The number of sulfonamides is 1. The Hall–Kier alpha value is -2.25. The van der Waals surface area contributed by atoms with Crippen molar-refractivity contribution in [1.29, 1.82) is 0 Å². The Morgan fingerprint density at radius 2 is 1.74 bits per heavy atom. The summed E-state index contributed by atoms with van der Waals surface area (Å²) in [5.41, 5.74) is 0. The maximum absolute atomic E-state index is 13.0. The van der Waals surface area contributed by atoms with Crippen LogP contribution in [0.15, 0.2) is 59.8 Å². The molecule has 23 heavy (non-hydrogen) atoms. The molecule has 0 saturated carbocycles. The summed E-state index contributed by atoms with van der Waals surface area (Å²) in [6, 6.07) is 12.9. The molecule has 0 aliphatic carbocycles. The second-order valence-corrected chi connectivity index (χ2v) is 7.54. The van der Waals surface area contributed by atoms with Crippen LogP contribution in [0.3, 0.4) is 0 Å². The van der Waals surface area contributed by atoms with Gasteiger partial charge in [0.1, 0.15) is 0 Å². The smallest absolute Gasteiger partial charge is 0.207 e. The van der Waals surface area contributed by atoms with Gasteiger partial charge in [-0.3, -0.25) is 0 Å². The van der Waals surface area contributed by atoms with Gasteiger partial charge >= 0.3 is 0 Å². The fourth-order valence-corrected chi connectivity index (χ4v) is 4.80. The predicted octanol–water partition coefficient (Wildman–Crippen LogP) is 2.07. The van der Waals surface area contributed by atoms with E-state index in [0.717, 1.165) is 17.2 Å². The van der Waals surface area contributed by atoms with E-state index in [4.69, 9.17) is 0 Å². The molecule has 7 heteroatoms. The molecule has 1 aliphatic heterocycles. The minimum atomic E-state index is -3.52. The summed E-state index contributed by atoms with van der Waals surface area (Å²) >= 11 is 0. The van der Waals surface area contributed by atoms with Crippen molar-refractivity contribution in [2.24, 2.45) is 0 Å². The number of hydrogen-bond donors (Lipinski definition) is 0. The summed E-state index contributed by atoms with van der Waals surface area (Å²) in [6.07, 6.45) is 3.95. The highest BCUT2D eigenvalue weighted by atomic mass is 32.2. The largest absolute Gasteiger partial charge is 0.243 e. The first-order valence-electron chi connectivity index (χ1n) is 7.50. The van der Waals surface area contributed by atoms with Gasteiger partial charge in [0.2, 0.25) is 10.0 Å². The molecule has 0 bridgehead atoms. The number of benzene rings is 2. The minimum absolute atomic E-state index is 0.00486. The lowest BCUT2D eigenvalue weighted by molar-refractivity contribution is 0.403. The number of aromatic nitrogens is 3. The average Bonchev–Trinajstić information content (AvgIpc) is 3.25. The lowest BCUT2D eigenvalue weighted by Crippen LogP contribution is -2.29. The number of hydrogen-bond acceptors (Lipinski definition) is 4. The van der Waals surface area contributed by atoms with Crippen molar-refractivity contribution < 1.29 is 8.42 Å². The second-order valence-electron chi connectivity index (χ2n) is 5.63. The monoisotopic (exact) mass is 328 g/mol. The zero-order valence-electron chi connectivity index (χ0n) is 12.4. The van der Waals surface area contributed by atoms with Gasteiger partial charge in [0, 0.05) is 18.5 Å². The van der Waals surface area contributed by atoms with Crippen LogP contribution in [0, 0.1) is 0 Å². The zero-order chi connectivity index (χ0) is 15.9. The first-order valence-corrected chi connectivity index (χ1v) is 8.94. The Bertz CT molecular complexity index is 932. The standard InChI is InChI=1S/C16H16N4O2S/c21-23(22,16-7-3-5-13-4-1-2-6-15(13)16)19-11-8-14(12-19)20-17-9-10-18-20/h1-7,9-10,14H,8,11-12H2/t14-/m1/s1. The van der Waals surface area contributed by atoms with E-state index in [2.05, 4.69) is 10.2 Å². The van der Waals surface area contributed by atoms with Gasteiger partial charge in [-0.15, -0.1) is 0 Å². The molecule has 2 heterocycles. The molecule has 0 N–H and O–H groups in total. The molecule has 2 aromatic carbocycles. The molecule has 6 nitrogen and oxygen atoms in total. The third kappa shape index (κ3) is 2.42. The van der Waals surface area contributed by atoms with Crippen LogP contribution in [0.2, 0.25) is 0 Å². The normalized spacial score (nSPS) is 19.4. The molecular formula is C16H16N4O2S. The molecule has 1 fully saturated rings. The minimum Gasteiger partial charge on any atom is -0.207 e. The summed E-state index contributed by atoms with van der Waals surface area (Å²) in [7, 11) is -3.52. The first-order chi connectivity index (χ1) is 11.2.